The lowest BCUT2D eigenvalue weighted by molar-refractivity contribution is 0.0602. The standard InChI is InChI=1S/C15H12ClN3O2.CH4/c1-19-8-11(12-6-7-17-15(16)18-12)9-4-3-5-10(13(9)19)14(20)21-2;/h3-8H,1-2H3;1H4. The number of ether oxygens (including phenoxy) is 1. The van der Waals surface area contributed by atoms with E-state index in [4.69, 9.17) is 16.3 Å². The van der Waals surface area contributed by atoms with Gasteiger partial charge in [-0.25, -0.2) is 14.8 Å². The van der Waals surface area contributed by atoms with Gasteiger partial charge < -0.3 is 9.30 Å². The number of para-hydroxylation sites is 1. The number of fused-ring (bicyclic) bond motifs is 1. The van der Waals surface area contributed by atoms with Gasteiger partial charge in [0, 0.05) is 30.4 Å². The fourth-order valence-electron chi connectivity index (χ4n) is 2.43. The lowest BCUT2D eigenvalue weighted by Crippen LogP contribution is -2.03. The van der Waals surface area contributed by atoms with Crippen LogP contribution in [0.3, 0.4) is 0 Å². The van der Waals surface area contributed by atoms with E-state index in [2.05, 4.69) is 9.97 Å². The number of hydrogen-bond acceptors (Lipinski definition) is 4. The zero-order valence-electron chi connectivity index (χ0n) is 11.5. The van der Waals surface area contributed by atoms with Gasteiger partial charge in [-0.15, -0.1) is 0 Å². The molecule has 0 bridgehead atoms. The van der Waals surface area contributed by atoms with Gasteiger partial charge in [0.15, 0.2) is 0 Å². The summed E-state index contributed by atoms with van der Waals surface area (Å²) in [5.41, 5.74) is 2.92. The quantitative estimate of drug-likeness (QED) is 0.534. The minimum atomic E-state index is -0.367. The zero-order chi connectivity index (χ0) is 15.0. The maximum Gasteiger partial charge on any atom is 0.340 e. The summed E-state index contributed by atoms with van der Waals surface area (Å²) in [4.78, 5) is 20.0. The zero-order valence-corrected chi connectivity index (χ0v) is 12.3. The van der Waals surface area contributed by atoms with Crippen LogP contribution in [0.4, 0.5) is 0 Å². The van der Waals surface area contributed by atoms with E-state index >= 15 is 0 Å². The van der Waals surface area contributed by atoms with Crippen molar-refractivity contribution in [3.63, 3.8) is 0 Å². The molecule has 22 heavy (non-hydrogen) atoms. The van der Waals surface area contributed by atoms with E-state index < -0.39 is 0 Å². The summed E-state index contributed by atoms with van der Waals surface area (Å²) in [5, 5.41) is 1.10. The summed E-state index contributed by atoms with van der Waals surface area (Å²) in [6.45, 7) is 0. The second kappa shape index (κ2) is 6.15. The molecular weight excluding hydrogens is 302 g/mol. The van der Waals surface area contributed by atoms with Gasteiger partial charge in [0.2, 0.25) is 5.28 Å². The maximum absolute atomic E-state index is 11.9. The molecule has 0 saturated carbocycles. The molecular formula is C16H16ClN3O2. The number of aromatic nitrogens is 3. The molecule has 114 valence electrons. The molecule has 2 heterocycles. The van der Waals surface area contributed by atoms with E-state index in [9.17, 15) is 4.79 Å². The first kappa shape index (κ1) is 16.0. The summed E-state index contributed by atoms with van der Waals surface area (Å²) in [6.07, 6.45) is 3.52. The Morgan fingerprint density at radius 3 is 2.77 bits per heavy atom. The average molecular weight is 318 g/mol. The molecule has 0 atom stereocenters. The molecule has 0 aliphatic rings. The molecule has 5 nitrogen and oxygen atoms in total. The van der Waals surface area contributed by atoms with Crippen LogP contribution in [0.2, 0.25) is 5.28 Å². The van der Waals surface area contributed by atoms with Crippen molar-refractivity contribution in [3.8, 4) is 11.3 Å². The van der Waals surface area contributed by atoms with Crippen LogP contribution >= 0.6 is 11.6 Å². The molecule has 0 fully saturated rings. The molecule has 3 rings (SSSR count). The predicted molar refractivity (Wildman–Crippen MR) is 87.0 cm³/mol. The van der Waals surface area contributed by atoms with Crippen molar-refractivity contribution in [3.05, 3.63) is 47.5 Å². The number of halogens is 1. The minimum absolute atomic E-state index is 0. The third kappa shape index (κ3) is 2.55. The molecule has 0 aliphatic carbocycles. The van der Waals surface area contributed by atoms with Crippen LogP contribution in [-0.2, 0) is 11.8 Å². The van der Waals surface area contributed by atoms with Crippen LogP contribution < -0.4 is 0 Å². The molecule has 0 unspecified atom stereocenters. The molecule has 1 aromatic carbocycles. The van der Waals surface area contributed by atoms with Crippen molar-refractivity contribution < 1.29 is 9.53 Å². The van der Waals surface area contributed by atoms with Gasteiger partial charge in [0.1, 0.15) is 0 Å². The minimum Gasteiger partial charge on any atom is -0.465 e. The summed E-state index contributed by atoms with van der Waals surface area (Å²) < 4.78 is 6.72. The molecule has 2 aromatic heterocycles. The highest BCUT2D eigenvalue weighted by Crippen LogP contribution is 2.31. The highest BCUT2D eigenvalue weighted by atomic mass is 35.5. The first-order valence-electron chi connectivity index (χ1n) is 6.27. The molecule has 0 N–H and O–H groups in total. The van der Waals surface area contributed by atoms with Crippen molar-refractivity contribution in [2.75, 3.05) is 7.11 Å². The molecule has 0 spiro atoms. The van der Waals surface area contributed by atoms with Gasteiger partial charge in [-0.05, 0) is 23.7 Å². The van der Waals surface area contributed by atoms with Crippen LogP contribution in [0, 0.1) is 0 Å². The van der Waals surface area contributed by atoms with Gasteiger partial charge in [0.05, 0.1) is 23.9 Å². The number of aryl methyl sites for hydroxylation is 1. The van der Waals surface area contributed by atoms with E-state index in [1.807, 2.05) is 29.9 Å². The number of nitrogens with zero attached hydrogens (tertiary/aromatic N) is 3. The Hall–Kier alpha value is -2.40. The third-order valence-electron chi connectivity index (χ3n) is 3.31. The second-order valence-corrected chi connectivity index (χ2v) is 4.90. The Labute approximate surface area is 133 Å². The van der Waals surface area contributed by atoms with E-state index in [0.717, 1.165) is 16.5 Å². The van der Waals surface area contributed by atoms with Crippen molar-refractivity contribution in [2.45, 2.75) is 7.43 Å². The molecule has 0 amide bonds. The van der Waals surface area contributed by atoms with E-state index in [-0.39, 0.29) is 18.7 Å². The Kier molecular flexibility index (Phi) is 4.47. The smallest absolute Gasteiger partial charge is 0.340 e. The first-order chi connectivity index (χ1) is 10.1. The van der Waals surface area contributed by atoms with Crippen molar-refractivity contribution in [1.82, 2.24) is 14.5 Å². The Morgan fingerprint density at radius 2 is 2.09 bits per heavy atom. The highest BCUT2D eigenvalue weighted by molar-refractivity contribution is 6.28. The summed E-state index contributed by atoms with van der Waals surface area (Å²) in [5.74, 6) is -0.367. The Morgan fingerprint density at radius 1 is 1.32 bits per heavy atom. The van der Waals surface area contributed by atoms with Gasteiger partial charge in [-0.1, -0.05) is 19.6 Å². The monoisotopic (exact) mass is 317 g/mol. The lowest BCUT2D eigenvalue weighted by Gasteiger charge is -2.04. The van der Waals surface area contributed by atoms with Gasteiger partial charge in [-0.3, -0.25) is 0 Å². The third-order valence-corrected chi connectivity index (χ3v) is 3.49. The number of rotatable bonds is 2. The molecule has 3 aromatic rings. The summed E-state index contributed by atoms with van der Waals surface area (Å²) in [6, 6.07) is 7.28. The van der Waals surface area contributed by atoms with E-state index in [1.165, 1.54) is 7.11 Å². The van der Waals surface area contributed by atoms with Gasteiger partial charge >= 0.3 is 5.97 Å². The topological polar surface area (TPSA) is 57.0 Å². The van der Waals surface area contributed by atoms with Crippen molar-refractivity contribution in [2.24, 2.45) is 7.05 Å². The largest absolute Gasteiger partial charge is 0.465 e. The van der Waals surface area contributed by atoms with Crippen LogP contribution in [0.15, 0.2) is 36.7 Å². The first-order valence-corrected chi connectivity index (χ1v) is 6.65. The number of carbonyl (C=O) groups is 1. The lowest BCUT2D eigenvalue weighted by atomic mass is 10.1. The van der Waals surface area contributed by atoms with Crippen LogP contribution in [0.1, 0.15) is 17.8 Å². The van der Waals surface area contributed by atoms with E-state index in [0.29, 0.717) is 11.3 Å². The summed E-state index contributed by atoms with van der Waals surface area (Å²) >= 11 is 5.85. The molecule has 0 radical (unpaired) electrons. The van der Waals surface area contributed by atoms with Gasteiger partial charge in [0.25, 0.3) is 0 Å². The van der Waals surface area contributed by atoms with Crippen LogP contribution in [-0.4, -0.2) is 27.6 Å². The second-order valence-electron chi connectivity index (χ2n) is 4.56. The average Bonchev–Trinajstić information content (AvgIpc) is 2.84. The highest BCUT2D eigenvalue weighted by Gasteiger charge is 2.17. The normalized spacial score (nSPS) is 10.3. The molecule has 6 heteroatoms. The van der Waals surface area contributed by atoms with Crippen LogP contribution in [0.5, 0.6) is 0 Å². The number of methoxy groups -OCH3 is 1. The number of esters is 1. The van der Waals surface area contributed by atoms with Gasteiger partial charge in [-0.2, -0.15) is 0 Å². The predicted octanol–water partition coefficient (Wildman–Crippen LogP) is 3.71. The fraction of sp³-hybridized carbons (Fsp3) is 0.188. The number of hydrogen-bond donors (Lipinski definition) is 0. The number of carbonyl (C=O) groups excluding carboxylic acids is 1. The SMILES string of the molecule is C.COC(=O)c1cccc2c(-c3ccnc(Cl)n3)cn(C)c12. The maximum atomic E-state index is 11.9. The Bertz CT molecular complexity index is 843. The number of benzene rings is 1. The Balaban J connectivity index is 0.00000176. The van der Waals surface area contributed by atoms with Crippen molar-refractivity contribution in [1.29, 1.82) is 0 Å². The fourth-order valence-corrected chi connectivity index (χ4v) is 2.58. The van der Waals surface area contributed by atoms with Crippen LogP contribution in [0.25, 0.3) is 22.2 Å². The molecule has 0 aliphatic heterocycles. The molecule has 0 saturated heterocycles. The summed E-state index contributed by atoms with van der Waals surface area (Å²) in [7, 11) is 3.25. The van der Waals surface area contributed by atoms with Crippen molar-refractivity contribution >= 4 is 28.5 Å². The van der Waals surface area contributed by atoms with E-state index in [1.54, 1.807) is 18.3 Å².